The van der Waals surface area contributed by atoms with Crippen LogP contribution in [0.1, 0.15) is 5.56 Å². The highest BCUT2D eigenvalue weighted by atomic mass is 79.9. The standard InChI is InChI=1S/C17H10Br2N4O2/c18-10-2-4-14(24)9(5-10)7-21-23-8-20-15-12-6-11(19)1-3-13(12)22-16(15)17(23)25/h1-8,22,24H/b21-7-. The van der Waals surface area contributed by atoms with Crippen LogP contribution in [0.3, 0.4) is 0 Å². The first-order valence-electron chi connectivity index (χ1n) is 7.24. The Labute approximate surface area is 158 Å². The van der Waals surface area contributed by atoms with E-state index in [0.717, 1.165) is 24.5 Å². The molecule has 124 valence electrons. The van der Waals surface area contributed by atoms with Crippen LogP contribution >= 0.6 is 31.9 Å². The number of rotatable bonds is 2. The first-order valence-corrected chi connectivity index (χ1v) is 8.83. The number of phenolic OH excluding ortho intramolecular Hbond substituents is 1. The SMILES string of the molecule is O=c1c2[nH]c3ccc(Br)cc3c2ncn1/N=C\c1cc(Br)ccc1O. The van der Waals surface area contributed by atoms with Crippen LogP contribution < -0.4 is 5.56 Å². The predicted molar refractivity (Wildman–Crippen MR) is 104 cm³/mol. The van der Waals surface area contributed by atoms with E-state index in [-0.39, 0.29) is 11.3 Å². The van der Waals surface area contributed by atoms with Crippen molar-refractivity contribution in [3.63, 3.8) is 0 Å². The highest BCUT2D eigenvalue weighted by molar-refractivity contribution is 9.10. The van der Waals surface area contributed by atoms with Gasteiger partial charge in [0.1, 0.15) is 23.1 Å². The number of nitrogens with zero attached hydrogens (tertiary/aromatic N) is 3. The van der Waals surface area contributed by atoms with E-state index < -0.39 is 0 Å². The molecule has 4 aromatic rings. The van der Waals surface area contributed by atoms with E-state index in [1.165, 1.54) is 12.5 Å². The lowest BCUT2D eigenvalue weighted by atomic mass is 10.2. The molecular weight excluding hydrogens is 452 g/mol. The number of aromatic amines is 1. The van der Waals surface area contributed by atoms with E-state index in [1.807, 2.05) is 18.2 Å². The molecule has 0 radical (unpaired) electrons. The highest BCUT2D eigenvalue weighted by Gasteiger charge is 2.11. The summed E-state index contributed by atoms with van der Waals surface area (Å²) in [4.78, 5) is 20.1. The first kappa shape index (κ1) is 16.0. The van der Waals surface area contributed by atoms with Crippen LogP contribution in [0, 0.1) is 0 Å². The molecule has 0 amide bonds. The van der Waals surface area contributed by atoms with Crippen LogP contribution in [0.5, 0.6) is 5.75 Å². The number of aromatic nitrogens is 3. The monoisotopic (exact) mass is 460 g/mol. The lowest BCUT2D eigenvalue weighted by molar-refractivity contribution is 0.474. The van der Waals surface area contributed by atoms with Crippen molar-refractivity contribution in [2.24, 2.45) is 5.10 Å². The van der Waals surface area contributed by atoms with E-state index in [2.05, 4.69) is 46.9 Å². The average molecular weight is 462 g/mol. The molecule has 0 fully saturated rings. The van der Waals surface area contributed by atoms with Crippen LogP contribution in [0.15, 0.2) is 61.6 Å². The zero-order chi connectivity index (χ0) is 17.6. The quantitative estimate of drug-likeness (QED) is 0.442. The zero-order valence-electron chi connectivity index (χ0n) is 12.6. The number of phenols is 1. The topological polar surface area (TPSA) is 83.3 Å². The van der Waals surface area contributed by atoms with E-state index in [4.69, 9.17) is 0 Å². The van der Waals surface area contributed by atoms with Gasteiger partial charge < -0.3 is 10.1 Å². The summed E-state index contributed by atoms with van der Waals surface area (Å²) >= 11 is 6.76. The summed E-state index contributed by atoms with van der Waals surface area (Å²) in [7, 11) is 0. The molecule has 2 aromatic heterocycles. The second-order valence-electron chi connectivity index (χ2n) is 5.38. The largest absolute Gasteiger partial charge is 0.507 e. The van der Waals surface area contributed by atoms with Gasteiger partial charge in [-0.15, -0.1) is 0 Å². The van der Waals surface area contributed by atoms with Crippen LogP contribution in [0.2, 0.25) is 0 Å². The first-order chi connectivity index (χ1) is 12.0. The molecular formula is C17H10Br2N4O2. The van der Waals surface area contributed by atoms with Crippen molar-refractivity contribution in [2.45, 2.75) is 0 Å². The van der Waals surface area contributed by atoms with Gasteiger partial charge in [0.05, 0.1) is 6.21 Å². The van der Waals surface area contributed by atoms with Gasteiger partial charge in [-0.3, -0.25) is 4.79 Å². The van der Waals surface area contributed by atoms with Gasteiger partial charge in [0.25, 0.3) is 5.56 Å². The van der Waals surface area contributed by atoms with E-state index in [1.54, 1.807) is 18.2 Å². The highest BCUT2D eigenvalue weighted by Crippen LogP contribution is 2.25. The fourth-order valence-corrected chi connectivity index (χ4v) is 3.29. The van der Waals surface area contributed by atoms with Gasteiger partial charge in [-0.05, 0) is 36.4 Å². The number of aromatic hydroxyl groups is 1. The average Bonchev–Trinajstić information content (AvgIpc) is 2.96. The number of H-pyrrole nitrogens is 1. The van der Waals surface area contributed by atoms with Crippen molar-refractivity contribution in [1.82, 2.24) is 14.6 Å². The molecule has 0 aliphatic carbocycles. The van der Waals surface area contributed by atoms with Crippen molar-refractivity contribution in [1.29, 1.82) is 0 Å². The Morgan fingerprint density at radius 1 is 1.16 bits per heavy atom. The van der Waals surface area contributed by atoms with Crippen LogP contribution in [-0.4, -0.2) is 26.0 Å². The molecule has 0 atom stereocenters. The molecule has 0 aliphatic rings. The maximum absolute atomic E-state index is 12.7. The second-order valence-corrected chi connectivity index (χ2v) is 7.21. The summed E-state index contributed by atoms with van der Waals surface area (Å²) in [6.45, 7) is 0. The Morgan fingerprint density at radius 2 is 1.92 bits per heavy atom. The molecule has 2 heterocycles. The third-order valence-electron chi connectivity index (χ3n) is 3.76. The number of hydrogen-bond acceptors (Lipinski definition) is 4. The van der Waals surface area contributed by atoms with Gasteiger partial charge in [0, 0.05) is 25.4 Å². The summed E-state index contributed by atoms with van der Waals surface area (Å²) in [6.07, 6.45) is 2.78. The minimum atomic E-state index is -0.317. The number of fused-ring (bicyclic) bond motifs is 3. The number of benzene rings is 2. The van der Waals surface area contributed by atoms with Gasteiger partial charge >= 0.3 is 0 Å². The fourth-order valence-electron chi connectivity index (χ4n) is 2.55. The second kappa shape index (κ2) is 6.12. The van der Waals surface area contributed by atoms with Crippen LogP contribution in [0.4, 0.5) is 0 Å². The van der Waals surface area contributed by atoms with E-state index in [0.29, 0.717) is 16.6 Å². The van der Waals surface area contributed by atoms with Gasteiger partial charge in [0.15, 0.2) is 0 Å². The smallest absolute Gasteiger partial charge is 0.298 e. The van der Waals surface area contributed by atoms with Gasteiger partial charge in [-0.2, -0.15) is 9.78 Å². The van der Waals surface area contributed by atoms with Gasteiger partial charge in [-0.1, -0.05) is 31.9 Å². The fraction of sp³-hybridized carbons (Fsp3) is 0. The molecule has 0 saturated carbocycles. The van der Waals surface area contributed by atoms with Gasteiger partial charge in [-0.25, -0.2) is 4.98 Å². The lowest BCUT2D eigenvalue weighted by Crippen LogP contribution is -2.17. The number of halogens is 2. The summed E-state index contributed by atoms with van der Waals surface area (Å²) in [6, 6.07) is 10.7. The molecule has 25 heavy (non-hydrogen) atoms. The maximum Gasteiger partial charge on any atom is 0.298 e. The van der Waals surface area contributed by atoms with Crippen molar-refractivity contribution < 1.29 is 5.11 Å². The molecule has 0 bridgehead atoms. The molecule has 2 N–H and O–H groups in total. The molecule has 8 heteroatoms. The van der Waals surface area contributed by atoms with Crippen LogP contribution in [0.25, 0.3) is 21.9 Å². The Balaban J connectivity index is 1.84. The van der Waals surface area contributed by atoms with E-state index >= 15 is 0 Å². The van der Waals surface area contributed by atoms with Crippen molar-refractivity contribution in [3.8, 4) is 5.75 Å². The molecule has 6 nitrogen and oxygen atoms in total. The van der Waals surface area contributed by atoms with Crippen LogP contribution in [-0.2, 0) is 0 Å². The molecule has 2 aromatic carbocycles. The van der Waals surface area contributed by atoms with Gasteiger partial charge in [0.2, 0.25) is 0 Å². The Kier molecular flexibility index (Phi) is 3.93. The normalized spacial score (nSPS) is 11.8. The third-order valence-corrected chi connectivity index (χ3v) is 4.75. The molecule has 0 saturated heterocycles. The Bertz CT molecular complexity index is 1210. The molecule has 0 spiro atoms. The summed E-state index contributed by atoms with van der Waals surface area (Å²) in [5.41, 5.74) is 1.98. The predicted octanol–water partition coefficient (Wildman–Crippen LogP) is 3.99. The van der Waals surface area contributed by atoms with Crippen molar-refractivity contribution in [3.05, 3.63) is 67.6 Å². The maximum atomic E-state index is 12.7. The minimum absolute atomic E-state index is 0.0736. The summed E-state index contributed by atoms with van der Waals surface area (Å²) in [5.74, 6) is 0.0736. The van der Waals surface area contributed by atoms with Crippen molar-refractivity contribution >= 4 is 60.0 Å². The minimum Gasteiger partial charge on any atom is -0.507 e. The Hall–Kier alpha value is -2.45. The zero-order valence-corrected chi connectivity index (χ0v) is 15.7. The Morgan fingerprint density at radius 3 is 2.76 bits per heavy atom. The van der Waals surface area contributed by atoms with Crippen molar-refractivity contribution in [2.75, 3.05) is 0 Å². The van der Waals surface area contributed by atoms with E-state index in [9.17, 15) is 9.90 Å². The summed E-state index contributed by atoms with van der Waals surface area (Å²) in [5, 5.41) is 14.8. The molecule has 0 aliphatic heterocycles. The number of hydrogen-bond donors (Lipinski definition) is 2. The third kappa shape index (κ3) is 2.87. The lowest BCUT2D eigenvalue weighted by Gasteiger charge is -2.00. The summed E-state index contributed by atoms with van der Waals surface area (Å²) < 4.78 is 2.84. The molecule has 4 rings (SSSR count). The number of nitrogens with one attached hydrogen (secondary N) is 1. The molecule has 0 unspecified atom stereocenters.